The van der Waals surface area contributed by atoms with E-state index in [4.69, 9.17) is 11.1 Å². The van der Waals surface area contributed by atoms with Crippen molar-refractivity contribution in [1.82, 2.24) is 4.90 Å². The Labute approximate surface area is 130 Å². The summed E-state index contributed by atoms with van der Waals surface area (Å²) in [7, 11) is 0. The van der Waals surface area contributed by atoms with Crippen molar-refractivity contribution in [3.8, 4) is 0 Å². The Morgan fingerprint density at radius 3 is 2.55 bits per heavy atom. The molecule has 2 aromatic rings. The molecule has 4 nitrogen and oxygen atoms in total. The van der Waals surface area contributed by atoms with E-state index in [9.17, 15) is 0 Å². The predicted molar refractivity (Wildman–Crippen MR) is 89.3 cm³/mol. The zero-order valence-electron chi connectivity index (χ0n) is 12.5. The Morgan fingerprint density at radius 1 is 1.00 bits per heavy atom. The molecule has 4 rings (SSSR count). The zero-order valence-corrected chi connectivity index (χ0v) is 12.5. The van der Waals surface area contributed by atoms with Crippen LogP contribution in [0.3, 0.4) is 0 Å². The van der Waals surface area contributed by atoms with Gasteiger partial charge < -0.3 is 15.5 Å². The molecule has 0 radical (unpaired) electrons. The molecule has 0 bridgehead atoms. The van der Waals surface area contributed by atoms with E-state index >= 15 is 0 Å². The number of nitrogens with one attached hydrogen (secondary N) is 1. The first kappa shape index (κ1) is 13.2. The maximum Gasteiger partial charge on any atom is 0.188 e. The summed E-state index contributed by atoms with van der Waals surface area (Å²) in [5.74, 6) is 0.176. The molecule has 2 heterocycles. The second-order valence-electron chi connectivity index (χ2n) is 6.04. The average Bonchev–Trinajstić information content (AvgIpc) is 2.69. The van der Waals surface area contributed by atoms with Gasteiger partial charge in [-0.25, -0.2) is 0 Å². The minimum Gasteiger partial charge on any atom is -0.370 e. The molecule has 22 heavy (non-hydrogen) atoms. The first-order valence-electron chi connectivity index (χ1n) is 7.75. The van der Waals surface area contributed by atoms with Gasteiger partial charge in [-0.2, -0.15) is 0 Å². The van der Waals surface area contributed by atoms with Gasteiger partial charge in [0, 0.05) is 25.3 Å². The highest BCUT2D eigenvalue weighted by atomic mass is 15.3. The molecule has 0 aliphatic carbocycles. The van der Waals surface area contributed by atoms with Gasteiger partial charge in [0.1, 0.15) is 0 Å². The fourth-order valence-electron chi connectivity index (χ4n) is 3.72. The second kappa shape index (κ2) is 5.05. The third-order valence-electron chi connectivity index (χ3n) is 4.82. The predicted octanol–water partition coefficient (Wildman–Crippen LogP) is 2.35. The number of hydrogen-bond donors (Lipinski definition) is 2. The highest BCUT2D eigenvalue weighted by Crippen LogP contribution is 2.38. The van der Waals surface area contributed by atoms with Crippen LogP contribution >= 0.6 is 0 Å². The molecular weight excluding hydrogens is 272 g/mol. The molecule has 2 aliphatic rings. The number of anilines is 1. The lowest BCUT2D eigenvalue weighted by molar-refractivity contribution is 0.326. The number of rotatable bonds is 0. The number of benzene rings is 2. The van der Waals surface area contributed by atoms with Gasteiger partial charge >= 0.3 is 0 Å². The van der Waals surface area contributed by atoms with Crippen molar-refractivity contribution in [2.75, 3.05) is 24.5 Å². The van der Waals surface area contributed by atoms with Crippen molar-refractivity contribution in [2.45, 2.75) is 12.5 Å². The lowest BCUT2D eigenvalue weighted by Crippen LogP contribution is -2.52. The van der Waals surface area contributed by atoms with Gasteiger partial charge in [-0.05, 0) is 29.2 Å². The fourth-order valence-corrected chi connectivity index (χ4v) is 3.72. The monoisotopic (exact) mass is 292 g/mol. The van der Waals surface area contributed by atoms with Gasteiger partial charge in [0.2, 0.25) is 0 Å². The van der Waals surface area contributed by atoms with Crippen LogP contribution in [0.1, 0.15) is 22.7 Å². The summed E-state index contributed by atoms with van der Waals surface area (Å²) in [5.41, 5.74) is 11.2. The summed E-state index contributed by atoms with van der Waals surface area (Å²) in [6.07, 6.45) is 0.972. The summed E-state index contributed by atoms with van der Waals surface area (Å²) in [6, 6.07) is 17.6. The Kier molecular flexibility index (Phi) is 3.03. The van der Waals surface area contributed by atoms with Gasteiger partial charge in [-0.3, -0.25) is 5.41 Å². The van der Waals surface area contributed by atoms with Crippen LogP contribution in [0.25, 0.3) is 0 Å². The van der Waals surface area contributed by atoms with E-state index in [-0.39, 0.29) is 12.0 Å². The van der Waals surface area contributed by atoms with Crippen molar-refractivity contribution in [2.24, 2.45) is 5.73 Å². The maximum atomic E-state index is 7.76. The summed E-state index contributed by atoms with van der Waals surface area (Å²) in [5, 5.41) is 7.76. The maximum absolute atomic E-state index is 7.76. The van der Waals surface area contributed by atoms with Crippen LogP contribution in [-0.4, -0.2) is 30.5 Å². The first-order chi connectivity index (χ1) is 10.7. The van der Waals surface area contributed by atoms with Crippen LogP contribution in [0.5, 0.6) is 0 Å². The number of nitrogens with zero attached hydrogens (tertiary/aromatic N) is 2. The molecule has 3 N–H and O–H groups in total. The highest BCUT2D eigenvalue weighted by Gasteiger charge is 2.33. The first-order valence-corrected chi connectivity index (χ1v) is 7.75. The number of guanidine groups is 1. The molecule has 2 aliphatic heterocycles. The van der Waals surface area contributed by atoms with E-state index < -0.39 is 0 Å². The minimum absolute atomic E-state index is 0.176. The molecular formula is C18H20N4. The van der Waals surface area contributed by atoms with Gasteiger partial charge in [0.05, 0.1) is 6.04 Å². The van der Waals surface area contributed by atoms with Crippen molar-refractivity contribution < 1.29 is 0 Å². The van der Waals surface area contributed by atoms with Crippen LogP contribution in [0.4, 0.5) is 5.69 Å². The molecule has 1 unspecified atom stereocenters. The van der Waals surface area contributed by atoms with Crippen molar-refractivity contribution in [3.05, 3.63) is 65.2 Å². The van der Waals surface area contributed by atoms with Crippen molar-refractivity contribution >= 4 is 11.6 Å². The Bertz CT molecular complexity index is 725. The van der Waals surface area contributed by atoms with E-state index in [0.717, 1.165) is 26.1 Å². The number of hydrogen-bond acceptors (Lipinski definition) is 2. The van der Waals surface area contributed by atoms with Gasteiger partial charge in [0.25, 0.3) is 0 Å². The van der Waals surface area contributed by atoms with Gasteiger partial charge in [-0.1, -0.05) is 42.5 Å². The molecule has 1 saturated heterocycles. The Balaban J connectivity index is 1.85. The Hall–Kier alpha value is -2.49. The summed E-state index contributed by atoms with van der Waals surface area (Å²) < 4.78 is 0. The van der Waals surface area contributed by atoms with E-state index in [1.807, 2.05) is 4.90 Å². The largest absolute Gasteiger partial charge is 0.370 e. The molecule has 0 spiro atoms. The molecule has 1 fully saturated rings. The number of nitrogens with two attached hydrogens (primary N) is 1. The lowest BCUT2D eigenvalue weighted by atomic mass is 9.96. The highest BCUT2D eigenvalue weighted by molar-refractivity contribution is 5.75. The molecule has 4 heteroatoms. The SMILES string of the molecule is N=C(N)N1CCN2c3ccccc3Cc3ccccc3C2C1. The quantitative estimate of drug-likeness (QED) is 0.579. The summed E-state index contributed by atoms with van der Waals surface area (Å²) in [4.78, 5) is 4.46. The van der Waals surface area contributed by atoms with E-state index in [1.165, 1.54) is 22.4 Å². The topological polar surface area (TPSA) is 56.4 Å². The molecule has 0 amide bonds. The minimum atomic E-state index is 0.176. The van der Waals surface area contributed by atoms with Crippen LogP contribution in [-0.2, 0) is 6.42 Å². The lowest BCUT2D eigenvalue weighted by Gasteiger charge is -2.43. The number of piperazine rings is 1. The van der Waals surface area contributed by atoms with Crippen LogP contribution < -0.4 is 10.6 Å². The van der Waals surface area contributed by atoms with Gasteiger partial charge in [0.15, 0.2) is 5.96 Å². The Morgan fingerprint density at radius 2 is 1.73 bits per heavy atom. The average molecular weight is 292 g/mol. The molecule has 2 aromatic carbocycles. The third-order valence-corrected chi connectivity index (χ3v) is 4.82. The third kappa shape index (κ3) is 2.03. The summed E-state index contributed by atoms with van der Waals surface area (Å²) in [6.45, 7) is 2.48. The van der Waals surface area contributed by atoms with E-state index in [0.29, 0.717) is 0 Å². The molecule has 1 atom stereocenters. The number of para-hydroxylation sites is 1. The number of fused-ring (bicyclic) bond motifs is 5. The van der Waals surface area contributed by atoms with Crippen molar-refractivity contribution in [1.29, 1.82) is 5.41 Å². The smallest absolute Gasteiger partial charge is 0.188 e. The molecule has 0 saturated carbocycles. The molecule has 0 aromatic heterocycles. The summed E-state index contributed by atoms with van der Waals surface area (Å²) >= 11 is 0. The standard InChI is InChI=1S/C18H20N4/c19-18(20)21-9-10-22-16-8-4-2-6-14(16)11-13-5-1-3-7-15(13)17(22)12-21/h1-8,17H,9-12H2,(H3,19,20). The fraction of sp³-hybridized carbons (Fsp3) is 0.278. The van der Waals surface area contributed by atoms with E-state index in [1.54, 1.807) is 0 Å². The van der Waals surface area contributed by atoms with Crippen LogP contribution in [0.15, 0.2) is 48.5 Å². The zero-order chi connectivity index (χ0) is 15.1. The molecule has 112 valence electrons. The van der Waals surface area contributed by atoms with Crippen LogP contribution in [0, 0.1) is 5.41 Å². The van der Waals surface area contributed by atoms with Gasteiger partial charge in [-0.15, -0.1) is 0 Å². The normalized spacial score (nSPS) is 19.7. The second-order valence-corrected chi connectivity index (χ2v) is 6.04. The van der Waals surface area contributed by atoms with Crippen molar-refractivity contribution in [3.63, 3.8) is 0 Å². The van der Waals surface area contributed by atoms with Crippen LogP contribution in [0.2, 0.25) is 0 Å². The van der Waals surface area contributed by atoms with E-state index in [2.05, 4.69) is 53.4 Å².